The van der Waals surface area contributed by atoms with Gasteiger partial charge >= 0.3 is 0 Å². The van der Waals surface area contributed by atoms with Crippen LogP contribution >= 0.6 is 0 Å². The van der Waals surface area contributed by atoms with Crippen LogP contribution in [0.15, 0.2) is 53.4 Å². The summed E-state index contributed by atoms with van der Waals surface area (Å²) < 4.78 is 35.0. The van der Waals surface area contributed by atoms with E-state index < -0.39 is 16.1 Å². The number of anilines is 1. The van der Waals surface area contributed by atoms with Crippen LogP contribution in [0.25, 0.3) is 22.2 Å². The first-order valence-corrected chi connectivity index (χ1v) is 14.3. The van der Waals surface area contributed by atoms with Crippen LogP contribution in [-0.4, -0.2) is 80.5 Å². The fourth-order valence-electron chi connectivity index (χ4n) is 5.82. The number of aromatic amines is 1. The maximum atomic E-state index is 14.1. The van der Waals surface area contributed by atoms with Crippen LogP contribution in [0.5, 0.6) is 0 Å². The number of nitrogens with zero attached hydrogens (tertiary/aromatic N) is 3. The molecule has 3 fully saturated rings. The highest BCUT2D eigenvalue weighted by molar-refractivity contribution is 7.89. The number of H-pyrrole nitrogens is 1. The van der Waals surface area contributed by atoms with Crippen LogP contribution in [0.3, 0.4) is 0 Å². The van der Waals surface area contributed by atoms with Gasteiger partial charge in [-0.05, 0) is 36.8 Å². The topological polar surface area (TPSA) is 86.0 Å². The lowest BCUT2D eigenvalue weighted by molar-refractivity contribution is -0.139. The van der Waals surface area contributed by atoms with Crippen LogP contribution in [0, 0.1) is 23.7 Å². The number of sulfonamides is 1. The molecule has 190 valence electrons. The second-order valence-electron chi connectivity index (χ2n) is 10.2. The largest absolute Gasteiger partial charge is 0.378 e. The second-order valence-corrected chi connectivity index (χ2v) is 12.1. The number of ether oxygens (including phenoxy) is 1. The van der Waals surface area contributed by atoms with Crippen LogP contribution in [0.4, 0.5) is 5.69 Å². The summed E-state index contributed by atoms with van der Waals surface area (Å²) in [7, 11) is -3.95. The third kappa shape index (κ3) is 3.66. The van der Waals surface area contributed by atoms with Crippen molar-refractivity contribution in [1.82, 2.24) is 14.2 Å². The van der Waals surface area contributed by atoms with Crippen molar-refractivity contribution in [3.63, 3.8) is 0 Å². The maximum absolute atomic E-state index is 14.1. The molecule has 0 saturated carbocycles. The Morgan fingerprint density at radius 3 is 2.51 bits per heavy atom. The first-order chi connectivity index (χ1) is 18.0. The third-order valence-corrected chi connectivity index (χ3v) is 9.91. The van der Waals surface area contributed by atoms with Crippen molar-refractivity contribution in [2.75, 3.05) is 50.8 Å². The molecular formula is C28H28N4O4S. The van der Waals surface area contributed by atoms with Crippen LogP contribution < -0.4 is 4.90 Å². The molecule has 8 nitrogen and oxygen atoms in total. The van der Waals surface area contributed by atoms with Crippen molar-refractivity contribution < 1.29 is 17.9 Å². The van der Waals surface area contributed by atoms with E-state index in [1.54, 1.807) is 17.0 Å². The van der Waals surface area contributed by atoms with E-state index in [2.05, 4.69) is 27.8 Å². The summed E-state index contributed by atoms with van der Waals surface area (Å²) in [4.78, 5) is 21.2. The van der Waals surface area contributed by atoms with E-state index in [0.29, 0.717) is 26.3 Å². The lowest BCUT2D eigenvalue weighted by atomic mass is 9.84. The van der Waals surface area contributed by atoms with Crippen molar-refractivity contribution in [1.29, 1.82) is 0 Å². The molecule has 3 atom stereocenters. The molecule has 1 aliphatic carbocycles. The highest BCUT2D eigenvalue weighted by atomic mass is 32.2. The number of hydrogen-bond donors (Lipinski definition) is 1. The predicted octanol–water partition coefficient (Wildman–Crippen LogP) is 2.53. The number of para-hydroxylation sites is 1. The Balaban J connectivity index is 1.28. The van der Waals surface area contributed by atoms with Crippen molar-refractivity contribution in [3.05, 3.63) is 48.5 Å². The normalized spacial score (nSPS) is 25.2. The van der Waals surface area contributed by atoms with Crippen molar-refractivity contribution in [2.45, 2.75) is 17.4 Å². The summed E-state index contributed by atoms with van der Waals surface area (Å²) in [6.45, 7) is 4.03. The van der Waals surface area contributed by atoms with Crippen LogP contribution in [-0.2, 0) is 19.6 Å². The first-order valence-electron chi connectivity index (χ1n) is 12.9. The SMILES string of the molecule is O=C([C@@H]1[C@H]2C#C[C@H]2CN1S(=O)(=O)c1ccc(N2CCC2)c(-c2cc3ccccc3[nH]2)c1)N1CCOCC1. The average Bonchev–Trinajstić information content (AvgIpc) is 3.41. The lowest BCUT2D eigenvalue weighted by Gasteiger charge is -2.35. The summed E-state index contributed by atoms with van der Waals surface area (Å²) in [6.07, 6.45) is 1.12. The summed E-state index contributed by atoms with van der Waals surface area (Å²) in [5, 5.41) is 1.07. The number of hydrogen-bond acceptors (Lipinski definition) is 5. The predicted molar refractivity (Wildman–Crippen MR) is 140 cm³/mol. The third-order valence-electron chi connectivity index (χ3n) is 8.06. The number of benzene rings is 2. The molecule has 1 N–H and O–H groups in total. The molecule has 7 rings (SSSR count). The maximum Gasteiger partial charge on any atom is 0.243 e. The Hall–Kier alpha value is -3.32. The van der Waals surface area contributed by atoms with E-state index in [1.165, 1.54) is 4.31 Å². The van der Waals surface area contributed by atoms with Crippen LogP contribution in [0.2, 0.25) is 0 Å². The van der Waals surface area contributed by atoms with Gasteiger partial charge in [-0.1, -0.05) is 30.0 Å². The molecular weight excluding hydrogens is 488 g/mol. The van der Waals surface area contributed by atoms with Crippen LogP contribution in [0.1, 0.15) is 6.42 Å². The monoisotopic (exact) mass is 516 g/mol. The Morgan fingerprint density at radius 1 is 1.00 bits per heavy atom. The molecule has 9 heteroatoms. The van der Waals surface area contributed by atoms with Gasteiger partial charge in [0.25, 0.3) is 0 Å². The molecule has 4 aliphatic rings. The average molecular weight is 517 g/mol. The minimum atomic E-state index is -3.95. The molecule has 0 bridgehead atoms. The van der Waals surface area contributed by atoms with Gasteiger partial charge in [-0.2, -0.15) is 4.31 Å². The number of fused-ring (bicyclic) bond motifs is 2. The number of morpholine rings is 1. The van der Waals surface area contributed by atoms with Gasteiger partial charge in [0, 0.05) is 66.5 Å². The summed E-state index contributed by atoms with van der Waals surface area (Å²) >= 11 is 0. The second kappa shape index (κ2) is 8.62. The summed E-state index contributed by atoms with van der Waals surface area (Å²) in [5.41, 5.74) is 3.75. The minimum absolute atomic E-state index is 0.0988. The molecule has 0 spiro atoms. The molecule has 37 heavy (non-hydrogen) atoms. The molecule has 2 aromatic carbocycles. The molecule has 1 amide bonds. The molecule has 3 aromatic rings. The van der Waals surface area contributed by atoms with Gasteiger partial charge in [0.15, 0.2) is 0 Å². The molecule has 3 aliphatic heterocycles. The zero-order valence-electron chi connectivity index (χ0n) is 20.4. The van der Waals surface area contributed by atoms with E-state index in [-0.39, 0.29) is 29.2 Å². The quantitative estimate of drug-likeness (QED) is 0.527. The Kier molecular flexibility index (Phi) is 5.32. The van der Waals surface area contributed by atoms with Gasteiger partial charge in [-0.15, -0.1) is 0 Å². The van der Waals surface area contributed by atoms with E-state index in [1.807, 2.05) is 30.3 Å². The van der Waals surface area contributed by atoms with Gasteiger partial charge in [0.2, 0.25) is 15.9 Å². The number of amides is 1. The van der Waals surface area contributed by atoms with Gasteiger partial charge in [-0.3, -0.25) is 4.79 Å². The number of aromatic nitrogens is 1. The lowest BCUT2D eigenvalue weighted by Crippen LogP contribution is -2.53. The number of nitrogens with one attached hydrogen (secondary N) is 1. The first kappa shape index (κ1) is 22.8. The van der Waals surface area contributed by atoms with E-state index >= 15 is 0 Å². The summed E-state index contributed by atoms with van der Waals surface area (Å²) in [6, 6.07) is 14.7. The standard InChI is InChI=1S/C28H28N4O4S/c33-28(31-12-14-36-15-13-31)27-22-8-6-20(22)18-32(27)37(34,35)21-7-9-26(30-10-3-11-30)23(17-21)25-16-19-4-1-2-5-24(19)29-25/h1-2,4-5,7,9,16-17,20,22,27,29H,3,10-15,18H2/t20-,22-,27-/m0/s1. The number of carbonyl (C=O) groups excluding carboxylic acids is 1. The Bertz CT molecular complexity index is 1530. The zero-order valence-corrected chi connectivity index (χ0v) is 21.2. The minimum Gasteiger partial charge on any atom is -0.378 e. The zero-order chi connectivity index (χ0) is 25.1. The fourth-order valence-corrected chi connectivity index (χ4v) is 7.47. The number of rotatable bonds is 5. The molecule has 0 radical (unpaired) electrons. The van der Waals surface area contributed by atoms with Crippen molar-refractivity contribution in [2.24, 2.45) is 11.8 Å². The van der Waals surface area contributed by atoms with Gasteiger partial charge in [-0.25, -0.2) is 8.42 Å². The van der Waals surface area contributed by atoms with Crippen molar-refractivity contribution in [3.8, 4) is 23.1 Å². The Morgan fingerprint density at radius 2 is 1.81 bits per heavy atom. The van der Waals surface area contributed by atoms with E-state index in [0.717, 1.165) is 47.4 Å². The molecule has 4 heterocycles. The highest BCUT2D eigenvalue weighted by Gasteiger charge is 2.53. The molecule has 0 unspecified atom stereocenters. The molecule has 1 aromatic heterocycles. The Labute approximate surface area is 216 Å². The van der Waals surface area contributed by atoms with Gasteiger partial charge in [0.05, 0.1) is 24.0 Å². The number of carbonyl (C=O) groups is 1. The van der Waals surface area contributed by atoms with E-state index in [9.17, 15) is 13.2 Å². The summed E-state index contributed by atoms with van der Waals surface area (Å²) in [5.74, 6) is 5.64. The highest BCUT2D eigenvalue weighted by Crippen LogP contribution is 2.41. The molecule has 3 saturated heterocycles. The smallest absolute Gasteiger partial charge is 0.243 e. The van der Waals surface area contributed by atoms with Gasteiger partial charge < -0.3 is 19.5 Å². The van der Waals surface area contributed by atoms with E-state index in [4.69, 9.17) is 4.74 Å². The van der Waals surface area contributed by atoms with Gasteiger partial charge in [0.1, 0.15) is 6.04 Å². The van der Waals surface area contributed by atoms with Crippen molar-refractivity contribution >= 4 is 32.5 Å². The fraction of sp³-hybridized carbons (Fsp3) is 0.393.